The first-order chi connectivity index (χ1) is 12.1. The quantitative estimate of drug-likeness (QED) is 0.875. The fraction of sp³-hybridized carbons (Fsp3) is 0.353. The molecule has 0 aliphatic carbocycles. The van der Waals surface area contributed by atoms with Crippen LogP contribution in [0.2, 0.25) is 0 Å². The summed E-state index contributed by atoms with van der Waals surface area (Å²) >= 11 is 1.39. The predicted molar refractivity (Wildman–Crippen MR) is 97.7 cm³/mol. The highest BCUT2D eigenvalue weighted by Gasteiger charge is 2.26. The summed E-state index contributed by atoms with van der Waals surface area (Å²) in [5.74, 6) is -0.102. The molecule has 0 unspecified atom stereocenters. The number of carbonyl (C=O) groups is 2. The van der Waals surface area contributed by atoms with Crippen molar-refractivity contribution < 1.29 is 9.59 Å². The Balaban J connectivity index is 1.54. The largest absolute Gasteiger partial charge is 0.334 e. The van der Waals surface area contributed by atoms with Gasteiger partial charge in [0.05, 0.1) is 0 Å². The Morgan fingerprint density at radius 3 is 2.60 bits per heavy atom. The number of amides is 3. The van der Waals surface area contributed by atoms with Crippen LogP contribution in [0.15, 0.2) is 29.6 Å². The van der Waals surface area contributed by atoms with Crippen LogP contribution in [0.4, 0.5) is 10.5 Å². The molecule has 1 aliphatic heterocycles. The molecule has 8 heteroatoms. The van der Waals surface area contributed by atoms with Gasteiger partial charge in [0.25, 0.3) is 5.91 Å². The molecule has 7 nitrogen and oxygen atoms in total. The molecule has 0 atom stereocenters. The number of piperazine rings is 1. The van der Waals surface area contributed by atoms with E-state index in [1.807, 2.05) is 31.2 Å². The van der Waals surface area contributed by atoms with Gasteiger partial charge in [-0.25, -0.2) is 9.78 Å². The van der Waals surface area contributed by atoms with Crippen LogP contribution in [0.25, 0.3) is 0 Å². The Kier molecular flexibility index (Phi) is 5.30. The number of thiazole rings is 1. The van der Waals surface area contributed by atoms with Crippen LogP contribution in [0, 0.1) is 6.92 Å². The highest BCUT2D eigenvalue weighted by molar-refractivity contribution is 7.09. The summed E-state index contributed by atoms with van der Waals surface area (Å²) < 4.78 is 0. The van der Waals surface area contributed by atoms with Gasteiger partial charge in [-0.05, 0) is 24.6 Å². The summed E-state index contributed by atoms with van der Waals surface area (Å²) in [6.45, 7) is 4.30. The van der Waals surface area contributed by atoms with Gasteiger partial charge in [0.1, 0.15) is 10.7 Å². The van der Waals surface area contributed by atoms with Crippen LogP contribution in [0.1, 0.15) is 21.1 Å². The lowest BCUT2D eigenvalue weighted by molar-refractivity contribution is 0.0666. The molecule has 0 radical (unpaired) electrons. The van der Waals surface area contributed by atoms with Gasteiger partial charge in [-0.3, -0.25) is 4.79 Å². The van der Waals surface area contributed by atoms with Gasteiger partial charge in [0.2, 0.25) is 0 Å². The maximum atomic E-state index is 12.4. The van der Waals surface area contributed by atoms with E-state index in [1.54, 1.807) is 15.2 Å². The summed E-state index contributed by atoms with van der Waals surface area (Å²) in [5, 5.41) is 5.39. The minimum absolute atomic E-state index is 0.102. The number of urea groups is 1. The third kappa shape index (κ3) is 4.15. The van der Waals surface area contributed by atoms with Crippen LogP contribution < -0.4 is 11.1 Å². The van der Waals surface area contributed by atoms with Crippen molar-refractivity contribution in [3.8, 4) is 0 Å². The number of carbonyl (C=O) groups excluding carboxylic acids is 2. The van der Waals surface area contributed by atoms with E-state index < -0.39 is 0 Å². The second-order valence-corrected chi connectivity index (χ2v) is 6.85. The van der Waals surface area contributed by atoms with Crippen molar-refractivity contribution >= 4 is 29.0 Å². The Labute approximate surface area is 150 Å². The third-order valence-electron chi connectivity index (χ3n) is 4.07. The average molecular weight is 359 g/mol. The zero-order chi connectivity index (χ0) is 17.8. The summed E-state index contributed by atoms with van der Waals surface area (Å²) in [4.78, 5) is 32.5. The molecule has 1 aliphatic rings. The maximum absolute atomic E-state index is 12.4. The molecule has 2 heterocycles. The van der Waals surface area contributed by atoms with Gasteiger partial charge in [0, 0.05) is 43.8 Å². The molecular weight excluding hydrogens is 338 g/mol. The summed E-state index contributed by atoms with van der Waals surface area (Å²) in [7, 11) is 0. The fourth-order valence-corrected chi connectivity index (χ4v) is 3.35. The molecular formula is C17H21N5O2S. The Morgan fingerprint density at radius 1 is 1.24 bits per heavy atom. The van der Waals surface area contributed by atoms with Crippen LogP contribution in [-0.2, 0) is 6.54 Å². The molecule has 3 rings (SSSR count). The number of aryl methyl sites for hydroxylation is 1. The van der Waals surface area contributed by atoms with Crippen molar-refractivity contribution in [1.29, 1.82) is 0 Å². The summed E-state index contributed by atoms with van der Waals surface area (Å²) in [6, 6.07) is 7.54. The zero-order valence-electron chi connectivity index (χ0n) is 14.1. The number of hydrogen-bond donors (Lipinski definition) is 2. The number of benzene rings is 1. The van der Waals surface area contributed by atoms with Crippen LogP contribution in [-0.4, -0.2) is 52.9 Å². The molecule has 3 N–H and O–H groups in total. The Hall–Kier alpha value is -2.45. The van der Waals surface area contributed by atoms with Crippen LogP contribution in [0.3, 0.4) is 0 Å². The lowest BCUT2D eigenvalue weighted by atomic mass is 10.2. The number of rotatable bonds is 3. The molecule has 1 fully saturated rings. The number of nitrogens with one attached hydrogen (secondary N) is 1. The monoisotopic (exact) mass is 359 g/mol. The highest BCUT2D eigenvalue weighted by Crippen LogP contribution is 2.14. The molecule has 0 saturated carbocycles. The minimum atomic E-state index is -0.142. The molecule has 25 heavy (non-hydrogen) atoms. The molecule has 0 bridgehead atoms. The normalized spacial score (nSPS) is 14.5. The Bertz CT molecular complexity index is 768. The minimum Gasteiger partial charge on any atom is -0.334 e. The number of anilines is 1. The van der Waals surface area contributed by atoms with E-state index in [2.05, 4.69) is 10.3 Å². The molecule has 2 aromatic rings. The second-order valence-electron chi connectivity index (χ2n) is 5.91. The van der Waals surface area contributed by atoms with E-state index >= 15 is 0 Å². The average Bonchev–Trinajstić information content (AvgIpc) is 3.10. The van der Waals surface area contributed by atoms with E-state index in [1.165, 1.54) is 11.3 Å². The van der Waals surface area contributed by atoms with Crippen LogP contribution in [0.5, 0.6) is 0 Å². The molecule has 1 aromatic heterocycles. The van der Waals surface area contributed by atoms with Gasteiger partial charge in [-0.15, -0.1) is 11.3 Å². The van der Waals surface area contributed by atoms with E-state index in [-0.39, 0.29) is 11.9 Å². The standard InChI is InChI=1S/C17H21N5O2S/c1-12-3-2-4-13(9-12)19-17(24)22-7-5-21(6-8-22)16(23)14-11-25-15(10-18)20-14/h2-4,9,11H,5-8,10,18H2,1H3,(H,19,24). The van der Waals surface area contributed by atoms with E-state index in [0.29, 0.717) is 38.4 Å². The van der Waals surface area contributed by atoms with Crippen molar-refractivity contribution in [2.45, 2.75) is 13.5 Å². The first-order valence-electron chi connectivity index (χ1n) is 8.13. The first kappa shape index (κ1) is 17.4. The van der Waals surface area contributed by atoms with Crippen molar-refractivity contribution in [3.05, 3.63) is 45.9 Å². The molecule has 132 valence electrons. The number of aromatic nitrogens is 1. The fourth-order valence-electron chi connectivity index (χ4n) is 2.70. The third-order valence-corrected chi connectivity index (χ3v) is 4.94. The van der Waals surface area contributed by atoms with Crippen molar-refractivity contribution in [2.24, 2.45) is 5.73 Å². The topological polar surface area (TPSA) is 91.6 Å². The smallest absolute Gasteiger partial charge is 0.321 e. The number of nitrogens with zero attached hydrogens (tertiary/aromatic N) is 3. The van der Waals surface area contributed by atoms with Gasteiger partial charge in [-0.2, -0.15) is 0 Å². The number of hydrogen-bond acceptors (Lipinski definition) is 5. The summed E-state index contributed by atoms with van der Waals surface area (Å²) in [5.41, 5.74) is 7.84. The number of nitrogens with two attached hydrogens (primary N) is 1. The van der Waals surface area contributed by atoms with E-state index in [0.717, 1.165) is 16.3 Å². The van der Waals surface area contributed by atoms with E-state index in [9.17, 15) is 9.59 Å². The SMILES string of the molecule is Cc1cccc(NC(=O)N2CCN(C(=O)c3csc(CN)n3)CC2)c1. The lowest BCUT2D eigenvalue weighted by Crippen LogP contribution is -2.51. The highest BCUT2D eigenvalue weighted by atomic mass is 32.1. The predicted octanol–water partition coefficient (Wildman–Crippen LogP) is 1.90. The van der Waals surface area contributed by atoms with Gasteiger partial charge >= 0.3 is 6.03 Å². The van der Waals surface area contributed by atoms with Crippen LogP contribution >= 0.6 is 11.3 Å². The second kappa shape index (κ2) is 7.62. The maximum Gasteiger partial charge on any atom is 0.321 e. The first-order valence-corrected chi connectivity index (χ1v) is 9.01. The Morgan fingerprint density at radius 2 is 1.96 bits per heavy atom. The van der Waals surface area contributed by atoms with Gasteiger partial charge in [0.15, 0.2) is 0 Å². The van der Waals surface area contributed by atoms with E-state index in [4.69, 9.17) is 5.73 Å². The molecule has 0 spiro atoms. The van der Waals surface area contributed by atoms with Gasteiger partial charge in [-0.1, -0.05) is 12.1 Å². The van der Waals surface area contributed by atoms with Crippen molar-refractivity contribution in [2.75, 3.05) is 31.5 Å². The van der Waals surface area contributed by atoms with Crippen molar-refractivity contribution in [3.63, 3.8) is 0 Å². The lowest BCUT2D eigenvalue weighted by Gasteiger charge is -2.34. The van der Waals surface area contributed by atoms with Crippen molar-refractivity contribution in [1.82, 2.24) is 14.8 Å². The zero-order valence-corrected chi connectivity index (χ0v) is 14.9. The molecule has 1 saturated heterocycles. The molecule has 1 aromatic carbocycles. The molecule has 3 amide bonds. The summed E-state index contributed by atoms with van der Waals surface area (Å²) in [6.07, 6.45) is 0. The van der Waals surface area contributed by atoms with Gasteiger partial charge < -0.3 is 20.9 Å².